The van der Waals surface area contributed by atoms with Gasteiger partial charge in [0.05, 0.1) is 30.9 Å². The van der Waals surface area contributed by atoms with Crippen molar-refractivity contribution >= 4 is 5.69 Å². The maximum Gasteiger partial charge on any atom is 0.417 e. The number of nitriles is 1. The first-order valence-corrected chi connectivity index (χ1v) is 8.47. The van der Waals surface area contributed by atoms with Crippen LogP contribution >= 0.6 is 0 Å². The number of ether oxygens (including phenoxy) is 3. The molecule has 0 aromatic heterocycles. The maximum atomic E-state index is 13.1. The highest BCUT2D eigenvalue weighted by Gasteiger charge is 2.34. The van der Waals surface area contributed by atoms with Gasteiger partial charge in [0, 0.05) is 18.8 Å². The highest BCUT2D eigenvalue weighted by atomic mass is 19.4. The second-order valence-corrected chi connectivity index (χ2v) is 5.99. The minimum Gasteiger partial charge on any atom is -0.493 e. The molecular weight excluding hydrogens is 373 g/mol. The van der Waals surface area contributed by atoms with Crippen LogP contribution in [-0.2, 0) is 10.9 Å². The molecule has 0 spiro atoms. The van der Waals surface area contributed by atoms with Crippen LogP contribution in [0.2, 0.25) is 0 Å². The second-order valence-electron chi connectivity index (χ2n) is 5.99. The van der Waals surface area contributed by atoms with Crippen LogP contribution in [0.25, 0.3) is 0 Å². The molecule has 0 radical (unpaired) electrons. The minimum absolute atomic E-state index is 0.262. The Morgan fingerprint density at radius 1 is 1.07 bits per heavy atom. The number of rotatable bonds is 8. The third-order valence-corrected chi connectivity index (χ3v) is 4.06. The van der Waals surface area contributed by atoms with Gasteiger partial charge < -0.3 is 19.5 Å². The molecule has 0 amide bonds. The van der Waals surface area contributed by atoms with E-state index in [-0.39, 0.29) is 11.7 Å². The van der Waals surface area contributed by atoms with Gasteiger partial charge in [0.25, 0.3) is 0 Å². The summed E-state index contributed by atoms with van der Waals surface area (Å²) in [5.41, 5.74) is -0.316. The molecule has 1 N–H and O–H groups in total. The summed E-state index contributed by atoms with van der Waals surface area (Å²) in [7, 11) is 3.08. The smallest absolute Gasteiger partial charge is 0.417 e. The fraction of sp³-hybridized carbons (Fsp3) is 0.350. The van der Waals surface area contributed by atoms with Crippen LogP contribution < -0.4 is 14.8 Å². The van der Waals surface area contributed by atoms with E-state index in [1.165, 1.54) is 13.2 Å². The second kappa shape index (κ2) is 9.33. The van der Waals surface area contributed by atoms with E-state index < -0.39 is 17.3 Å². The molecule has 2 aromatic carbocycles. The van der Waals surface area contributed by atoms with Gasteiger partial charge in [0.15, 0.2) is 11.5 Å². The number of halogens is 3. The zero-order valence-corrected chi connectivity index (χ0v) is 15.8. The van der Waals surface area contributed by atoms with Gasteiger partial charge in [-0.2, -0.15) is 18.4 Å². The molecule has 0 aliphatic heterocycles. The first kappa shape index (κ1) is 21.4. The normalized spacial score (nSPS) is 12.2. The van der Waals surface area contributed by atoms with Crippen molar-refractivity contribution in [2.24, 2.45) is 0 Å². The Hall–Kier alpha value is -2.92. The Bertz CT molecular complexity index is 848. The van der Waals surface area contributed by atoms with Crippen molar-refractivity contribution in [3.63, 3.8) is 0 Å². The van der Waals surface area contributed by atoms with E-state index in [2.05, 4.69) is 5.32 Å². The largest absolute Gasteiger partial charge is 0.493 e. The van der Waals surface area contributed by atoms with Crippen LogP contribution in [0.3, 0.4) is 0 Å². The lowest BCUT2D eigenvalue weighted by Crippen LogP contribution is -2.11. The molecule has 0 bridgehead atoms. The number of anilines is 1. The van der Waals surface area contributed by atoms with Gasteiger partial charge in [-0.15, -0.1) is 0 Å². The number of methoxy groups -OCH3 is 2. The monoisotopic (exact) mass is 394 g/mol. The molecular formula is C20H21F3N2O3. The molecule has 0 aliphatic rings. The van der Waals surface area contributed by atoms with Crippen LogP contribution in [0.15, 0.2) is 36.4 Å². The fourth-order valence-corrected chi connectivity index (χ4v) is 2.61. The summed E-state index contributed by atoms with van der Waals surface area (Å²) < 4.78 is 55.2. The molecule has 1 atom stereocenters. The third-order valence-electron chi connectivity index (χ3n) is 4.06. The Morgan fingerprint density at radius 2 is 1.82 bits per heavy atom. The van der Waals surface area contributed by atoms with Crippen LogP contribution in [0.4, 0.5) is 18.9 Å². The van der Waals surface area contributed by atoms with Gasteiger partial charge in [-0.25, -0.2) is 0 Å². The van der Waals surface area contributed by atoms with Crippen molar-refractivity contribution in [1.29, 1.82) is 5.26 Å². The van der Waals surface area contributed by atoms with Crippen molar-refractivity contribution < 1.29 is 27.4 Å². The Balaban J connectivity index is 2.21. The Labute approximate surface area is 161 Å². The first-order chi connectivity index (χ1) is 13.3. The van der Waals surface area contributed by atoms with E-state index in [0.717, 1.165) is 17.7 Å². The van der Waals surface area contributed by atoms with E-state index in [4.69, 9.17) is 19.5 Å². The van der Waals surface area contributed by atoms with Crippen molar-refractivity contribution in [1.82, 2.24) is 0 Å². The van der Waals surface area contributed by atoms with E-state index in [1.807, 2.05) is 6.92 Å². The molecule has 0 aliphatic carbocycles. The molecule has 150 valence electrons. The Morgan fingerprint density at radius 3 is 2.43 bits per heavy atom. The lowest BCUT2D eigenvalue weighted by molar-refractivity contribution is -0.137. The predicted octanol–water partition coefficient (Wildman–Crippen LogP) is 4.78. The SMILES string of the molecule is COCCOc1ccc(C(C)Nc2ccc(C#N)c(C(F)(F)F)c2)cc1OC. The number of alkyl halides is 3. The number of hydrogen-bond acceptors (Lipinski definition) is 5. The van der Waals surface area contributed by atoms with Gasteiger partial charge in [0.1, 0.15) is 6.61 Å². The van der Waals surface area contributed by atoms with Gasteiger partial charge >= 0.3 is 6.18 Å². The van der Waals surface area contributed by atoms with Gasteiger partial charge in [-0.3, -0.25) is 0 Å². The number of hydrogen-bond donors (Lipinski definition) is 1. The standard InChI is InChI=1S/C20H21F3N2O3/c1-13(14-5-7-18(19(10-14)27-3)28-9-8-26-2)25-16-6-4-15(12-24)17(11-16)20(21,22)23/h4-7,10-11,13,25H,8-9H2,1-3H3. The van der Waals surface area contributed by atoms with E-state index in [0.29, 0.717) is 24.7 Å². The first-order valence-electron chi connectivity index (χ1n) is 8.47. The molecule has 0 saturated carbocycles. The van der Waals surface area contributed by atoms with Crippen molar-refractivity contribution in [2.45, 2.75) is 19.1 Å². The van der Waals surface area contributed by atoms with E-state index in [1.54, 1.807) is 31.4 Å². The number of nitrogens with one attached hydrogen (secondary N) is 1. The molecule has 0 fully saturated rings. The van der Waals surface area contributed by atoms with Gasteiger partial charge in [-0.1, -0.05) is 6.07 Å². The Kier molecular flexibility index (Phi) is 7.12. The van der Waals surface area contributed by atoms with Crippen LogP contribution in [0.1, 0.15) is 29.7 Å². The summed E-state index contributed by atoms with van der Waals surface area (Å²) in [5, 5.41) is 11.9. The van der Waals surface area contributed by atoms with Crippen LogP contribution in [0.5, 0.6) is 11.5 Å². The average Bonchev–Trinajstić information content (AvgIpc) is 2.67. The molecule has 5 nitrogen and oxygen atoms in total. The minimum atomic E-state index is -4.60. The summed E-state index contributed by atoms with van der Waals surface area (Å²) in [4.78, 5) is 0. The van der Waals surface area contributed by atoms with Crippen LogP contribution in [-0.4, -0.2) is 27.4 Å². The average molecular weight is 394 g/mol. The van der Waals surface area contributed by atoms with Crippen LogP contribution in [0, 0.1) is 11.3 Å². The highest BCUT2D eigenvalue weighted by molar-refractivity contribution is 5.54. The summed E-state index contributed by atoms with van der Waals surface area (Å²) in [6.45, 7) is 2.61. The van der Waals surface area contributed by atoms with Gasteiger partial charge in [-0.05, 0) is 42.8 Å². The highest BCUT2D eigenvalue weighted by Crippen LogP contribution is 2.35. The molecule has 2 rings (SSSR count). The molecule has 1 unspecified atom stereocenters. The number of nitrogens with zero attached hydrogens (tertiary/aromatic N) is 1. The summed E-state index contributed by atoms with van der Waals surface area (Å²) in [6.07, 6.45) is -4.60. The lowest BCUT2D eigenvalue weighted by Gasteiger charge is -2.19. The fourth-order valence-electron chi connectivity index (χ4n) is 2.61. The predicted molar refractivity (Wildman–Crippen MR) is 98.6 cm³/mol. The molecule has 8 heteroatoms. The molecule has 2 aromatic rings. The zero-order chi connectivity index (χ0) is 20.7. The molecule has 28 heavy (non-hydrogen) atoms. The van der Waals surface area contributed by atoms with Crippen molar-refractivity contribution in [2.75, 3.05) is 32.8 Å². The van der Waals surface area contributed by atoms with Crippen molar-refractivity contribution in [3.05, 3.63) is 53.1 Å². The summed E-state index contributed by atoms with van der Waals surface area (Å²) >= 11 is 0. The summed E-state index contributed by atoms with van der Waals surface area (Å²) in [6, 6.07) is 10.1. The third kappa shape index (κ3) is 5.30. The molecule has 0 saturated heterocycles. The quantitative estimate of drug-likeness (QED) is 0.653. The van der Waals surface area contributed by atoms with E-state index >= 15 is 0 Å². The van der Waals surface area contributed by atoms with Gasteiger partial charge in [0.2, 0.25) is 0 Å². The topological polar surface area (TPSA) is 63.5 Å². The molecule has 0 heterocycles. The summed E-state index contributed by atoms with van der Waals surface area (Å²) in [5.74, 6) is 1.06. The zero-order valence-electron chi connectivity index (χ0n) is 15.8. The number of benzene rings is 2. The lowest BCUT2D eigenvalue weighted by atomic mass is 10.0. The maximum absolute atomic E-state index is 13.1. The van der Waals surface area contributed by atoms with Crippen molar-refractivity contribution in [3.8, 4) is 17.6 Å². The van der Waals surface area contributed by atoms with E-state index in [9.17, 15) is 13.2 Å².